The molecule has 1 aliphatic rings. The fourth-order valence-corrected chi connectivity index (χ4v) is 1.39. The number of carbonyl (C=O) groups excluding carboxylic acids is 1. The van der Waals surface area contributed by atoms with Gasteiger partial charge in [-0.2, -0.15) is 0 Å². The van der Waals surface area contributed by atoms with Gasteiger partial charge in [0.05, 0.1) is 5.41 Å². The summed E-state index contributed by atoms with van der Waals surface area (Å²) in [7, 11) is 1.66. The zero-order valence-electron chi connectivity index (χ0n) is 6.31. The van der Waals surface area contributed by atoms with E-state index in [1.807, 2.05) is 0 Å². The molecule has 1 fully saturated rings. The van der Waals surface area contributed by atoms with Crippen LogP contribution >= 0.6 is 0 Å². The summed E-state index contributed by atoms with van der Waals surface area (Å²) >= 11 is 0. The van der Waals surface area contributed by atoms with Gasteiger partial charge in [-0.05, 0) is 12.8 Å². The number of amides is 1. The lowest BCUT2D eigenvalue weighted by Crippen LogP contribution is -2.49. The molecule has 3 N–H and O–H groups in total. The standard InChI is InChI=1S/C7H14N2O/c1-9-6(10)7(5-8)3-2-4-7/h2-5,8H2,1H3,(H,9,10). The molecule has 1 rings (SSSR count). The highest BCUT2D eigenvalue weighted by atomic mass is 16.2. The molecule has 3 nitrogen and oxygen atoms in total. The van der Waals surface area contributed by atoms with E-state index in [0.29, 0.717) is 6.54 Å². The van der Waals surface area contributed by atoms with Crippen molar-refractivity contribution in [3.8, 4) is 0 Å². The smallest absolute Gasteiger partial charge is 0.227 e. The van der Waals surface area contributed by atoms with Crippen molar-refractivity contribution >= 4 is 5.91 Å². The van der Waals surface area contributed by atoms with Crippen LogP contribution in [0.2, 0.25) is 0 Å². The predicted molar refractivity (Wildman–Crippen MR) is 39.4 cm³/mol. The van der Waals surface area contributed by atoms with Crippen LogP contribution < -0.4 is 11.1 Å². The Balaban J connectivity index is 2.55. The van der Waals surface area contributed by atoms with E-state index in [1.165, 1.54) is 0 Å². The summed E-state index contributed by atoms with van der Waals surface area (Å²) in [6.07, 6.45) is 3.07. The molecule has 10 heavy (non-hydrogen) atoms. The highest BCUT2D eigenvalue weighted by molar-refractivity contribution is 5.83. The summed E-state index contributed by atoms with van der Waals surface area (Å²) < 4.78 is 0. The maximum absolute atomic E-state index is 11.2. The zero-order chi connectivity index (χ0) is 7.61. The molecule has 0 radical (unpaired) electrons. The Morgan fingerprint density at radius 3 is 2.40 bits per heavy atom. The number of nitrogens with one attached hydrogen (secondary N) is 1. The van der Waals surface area contributed by atoms with Crippen molar-refractivity contribution in [1.29, 1.82) is 0 Å². The molecule has 1 saturated carbocycles. The minimum atomic E-state index is -0.200. The Hall–Kier alpha value is -0.570. The van der Waals surface area contributed by atoms with Gasteiger partial charge in [0.2, 0.25) is 5.91 Å². The van der Waals surface area contributed by atoms with Crippen LogP contribution in [0, 0.1) is 5.41 Å². The van der Waals surface area contributed by atoms with E-state index in [4.69, 9.17) is 5.73 Å². The molecule has 0 bridgehead atoms. The van der Waals surface area contributed by atoms with E-state index in [-0.39, 0.29) is 11.3 Å². The number of hydrogen-bond donors (Lipinski definition) is 2. The molecule has 0 saturated heterocycles. The van der Waals surface area contributed by atoms with E-state index in [2.05, 4.69) is 5.32 Å². The SMILES string of the molecule is CNC(=O)C1(CN)CCC1. The van der Waals surface area contributed by atoms with Gasteiger partial charge in [-0.3, -0.25) is 4.79 Å². The maximum atomic E-state index is 11.2. The normalized spacial score (nSPS) is 21.4. The topological polar surface area (TPSA) is 55.1 Å². The van der Waals surface area contributed by atoms with Crippen LogP contribution in [0.1, 0.15) is 19.3 Å². The molecule has 3 heteroatoms. The number of hydrogen-bond acceptors (Lipinski definition) is 2. The van der Waals surface area contributed by atoms with Gasteiger partial charge in [-0.15, -0.1) is 0 Å². The molecule has 58 valence electrons. The maximum Gasteiger partial charge on any atom is 0.227 e. The van der Waals surface area contributed by atoms with E-state index in [0.717, 1.165) is 19.3 Å². The minimum absolute atomic E-state index is 0.112. The quantitative estimate of drug-likeness (QED) is 0.564. The third-order valence-electron chi connectivity index (χ3n) is 2.41. The van der Waals surface area contributed by atoms with Crippen molar-refractivity contribution in [2.45, 2.75) is 19.3 Å². The summed E-state index contributed by atoms with van der Waals surface area (Å²) in [6.45, 7) is 0.493. The second-order valence-corrected chi connectivity index (χ2v) is 2.92. The van der Waals surface area contributed by atoms with Gasteiger partial charge in [0.15, 0.2) is 0 Å². The summed E-state index contributed by atoms with van der Waals surface area (Å²) in [6, 6.07) is 0. The Morgan fingerprint density at radius 1 is 1.70 bits per heavy atom. The minimum Gasteiger partial charge on any atom is -0.359 e. The Labute approximate surface area is 61.0 Å². The summed E-state index contributed by atoms with van der Waals surface area (Å²) in [5.41, 5.74) is 5.28. The van der Waals surface area contributed by atoms with Crippen molar-refractivity contribution in [3.63, 3.8) is 0 Å². The summed E-state index contributed by atoms with van der Waals surface area (Å²) in [5.74, 6) is 0.112. The zero-order valence-corrected chi connectivity index (χ0v) is 6.31. The molecule has 0 aromatic rings. The second-order valence-electron chi connectivity index (χ2n) is 2.92. The highest BCUT2D eigenvalue weighted by Crippen LogP contribution is 2.39. The average molecular weight is 142 g/mol. The van der Waals surface area contributed by atoms with Gasteiger partial charge < -0.3 is 11.1 Å². The first-order chi connectivity index (χ1) is 4.75. The molecule has 0 spiro atoms. The largest absolute Gasteiger partial charge is 0.359 e. The van der Waals surface area contributed by atoms with Crippen molar-refractivity contribution in [2.75, 3.05) is 13.6 Å². The van der Waals surface area contributed by atoms with Crippen LogP contribution in [0.15, 0.2) is 0 Å². The third kappa shape index (κ3) is 0.904. The van der Waals surface area contributed by atoms with Gasteiger partial charge >= 0.3 is 0 Å². The Kier molecular flexibility index (Phi) is 1.94. The fraction of sp³-hybridized carbons (Fsp3) is 0.857. The monoisotopic (exact) mass is 142 g/mol. The molecule has 1 amide bonds. The van der Waals surface area contributed by atoms with Crippen molar-refractivity contribution < 1.29 is 4.79 Å². The van der Waals surface area contributed by atoms with Crippen LogP contribution in [0.3, 0.4) is 0 Å². The lowest BCUT2D eigenvalue weighted by molar-refractivity contribution is -0.134. The van der Waals surface area contributed by atoms with E-state index < -0.39 is 0 Å². The van der Waals surface area contributed by atoms with Gasteiger partial charge in [-0.25, -0.2) is 0 Å². The predicted octanol–water partition coefficient (Wildman–Crippen LogP) is -0.139. The second kappa shape index (κ2) is 2.58. The fourth-order valence-electron chi connectivity index (χ4n) is 1.39. The van der Waals surface area contributed by atoms with E-state index in [1.54, 1.807) is 7.05 Å². The van der Waals surface area contributed by atoms with Gasteiger partial charge in [0.1, 0.15) is 0 Å². The van der Waals surface area contributed by atoms with Crippen LogP contribution in [0.5, 0.6) is 0 Å². The molecule has 0 aromatic carbocycles. The third-order valence-corrected chi connectivity index (χ3v) is 2.41. The van der Waals surface area contributed by atoms with Gasteiger partial charge in [0, 0.05) is 13.6 Å². The van der Waals surface area contributed by atoms with E-state index in [9.17, 15) is 4.79 Å². The molecule has 0 aromatic heterocycles. The van der Waals surface area contributed by atoms with Crippen LogP contribution in [-0.4, -0.2) is 19.5 Å². The molecular formula is C7H14N2O. The summed E-state index contributed by atoms with van der Waals surface area (Å²) in [4.78, 5) is 11.2. The van der Waals surface area contributed by atoms with Crippen LogP contribution in [-0.2, 0) is 4.79 Å². The number of nitrogens with two attached hydrogens (primary N) is 1. The highest BCUT2D eigenvalue weighted by Gasteiger charge is 2.41. The van der Waals surface area contributed by atoms with Crippen molar-refractivity contribution in [1.82, 2.24) is 5.32 Å². The molecule has 0 heterocycles. The summed E-state index contributed by atoms with van der Waals surface area (Å²) in [5, 5.41) is 2.64. The van der Waals surface area contributed by atoms with Gasteiger partial charge in [-0.1, -0.05) is 6.42 Å². The van der Waals surface area contributed by atoms with Crippen molar-refractivity contribution in [3.05, 3.63) is 0 Å². The Morgan fingerprint density at radius 2 is 2.30 bits per heavy atom. The van der Waals surface area contributed by atoms with Crippen LogP contribution in [0.4, 0.5) is 0 Å². The lowest BCUT2D eigenvalue weighted by atomic mass is 9.68. The number of carbonyl (C=O) groups is 1. The molecule has 0 unspecified atom stereocenters. The van der Waals surface area contributed by atoms with E-state index >= 15 is 0 Å². The van der Waals surface area contributed by atoms with Crippen molar-refractivity contribution in [2.24, 2.45) is 11.1 Å². The Bertz CT molecular complexity index is 135. The molecule has 1 aliphatic carbocycles. The average Bonchev–Trinajstić information content (AvgIpc) is 1.86. The first-order valence-corrected chi connectivity index (χ1v) is 3.67. The number of rotatable bonds is 2. The molecular weight excluding hydrogens is 128 g/mol. The lowest BCUT2D eigenvalue weighted by Gasteiger charge is -2.38. The first-order valence-electron chi connectivity index (χ1n) is 3.67. The molecule has 0 atom stereocenters. The van der Waals surface area contributed by atoms with Crippen LogP contribution in [0.25, 0.3) is 0 Å². The van der Waals surface area contributed by atoms with Gasteiger partial charge in [0.25, 0.3) is 0 Å². The first kappa shape index (κ1) is 7.54. The molecule has 0 aliphatic heterocycles.